The smallest absolute Gasteiger partial charge is 0.236 e. The van der Waals surface area contributed by atoms with Crippen LogP contribution in [0.3, 0.4) is 0 Å². The molecule has 2 heterocycles. The molecule has 2 aliphatic heterocycles. The van der Waals surface area contributed by atoms with E-state index < -0.39 is 0 Å². The van der Waals surface area contributed by atoms with Crippen LogP contribution in [0.1, 0.15) is 19.3 Å². The first-order chi connectivity index (χ1) is 13.2. The Morgan fingerprint density at radius 3 is 2.81 bits per heavy atom. The minimum atomic E-state index is 0.168. The van der Waals surface area contributed by atoms with Crippen molar-refractivity contribution in [3.63, 3.8) is 0 Å². The highest BCUT2D eigenvalue weighted by Crippen LogP contribution is 2.14. The zero-order valence-electron chi connectivity index (χ0n) is 16.5. The Morgan fingerprint density at radius 1 is 1.19 bits per heavy atom. The summed E-state index contributed by atoms with van der Waals surface area (Å²) in [6, 6.07) is 9.78. The molecule has 1 unspecified atom stereocenters. The standard InChI is InChI=1S/C21H33N3O3/c1-22-10-6-11-23(13-12-22)18-21(25)24(17-20-9-5-15-26-20)14-16-27-19-7-3-2-4-8-19/h2-4,7-8,20H,5-6,9-18H2,1H3. The van der Waals surface area contributed by atoms with Crippen molar-refractivity contribution in [3.05, 3.63) is 30.3 Å². The third kappa shape index (κ3) is 6.79. The highest BCUT2D eigenvalue weighted by molar-refractivity contribution is 5.78. The van der Waals surface area contributed by atoms with Crippen molar-refractivity contribution in [2.75, 3.05) is 66.1 Å². The molecule has 27 heavy (non-hydrogen) atoms. The van der Waals surface area contributed by atoms with Gasteiger partial charge < -0.3 is 19.3 Å². The van der Waals surface area contributed by atoms with Gasteiger partial charge in [-0.2, -0.15) is 0 Å². The van der Waals surface area contributed by atoms with E-state index in [9.17, 15) is 4.79 Å². The Balaban J connectivity index is 1.52. The fourth-order valence-electron chi connectivity index (χ4n) is 3.69. The number of hydrogen-bond acceptors (Lipinski definition) is 5. The highest BCUT2D eigenvalue weighted by Gasteiger charge is 2.24. The molecule has 3 rings (SSSR count). The second-order valence-electron chi connectivity index (χ2n) is 7.57. The molecule has 0 radical (unpaired) electrons. The maximum atomic E-state index is 13.0. The van der Waals surface area contributed by atoms with E-state index in [0.29, 0.717) is 26.2 Å². The summed E-state index contributed by atoms with van der Waals surface area (Å²) in [5, 5.41) is 0. The molecule has 0 aliphatic carbocycles. The summed E-state index contributed by atoms with van der Waals surface area (Å²) in [6.45, 7) is 7.15. The fourth-order valence-corrected chi connectivity index (χ4v) is 3.69. The van der Waals surface area contributed by atoms with Crippen molar-refractivity contribution in [1.82, 2.24) is 14.7 Å². The van der Waals surface area contributed by atoms with Gasteiger partial charge in [0.2, 0.25) is 5.91 Å². The van der Waals surface area contributed by atoms with E-state index in [-0.39, 0.29) is 12.0 Å². The molecule has 1 aromatic rings. The van der Waals surface area contributed by atoms with Crippen LogP contribution in [0.15, 0.2) is 30.3 Å². The molecule has 0 bridgehead atoms. The number of para-hydroxylation sites is 1. The van der Waals surface area contributed by atoms with E-state index >= 15 is 0 Å². The second-order valence-corrected chi connectivity index (χ2v) is 7.57. The minimum Gasteiger partial charge on any atom is -0.492 e. The molecule has 6 nitrogen and oxygen atoms in total. The summed E-state index contributed by atoms with van der Waals surface area (Å²) in [5.74, 6) is 1.03. The summed E-state index contributed by atoms with van der Waals surface area (Å²) in [5.41, 5.74) is 0. The Hall–Kier alpha value is -1.63. The molecule has 6 heteroatoms. The normalized spacial score (nSPS) is 21.7. The van der Waals surface area contributed by atoms with Gasteiger partial charge in [-0.3, -0.25) is 9.69 Å². The lowest BCUT2D eigenvalue weighted by atomic mass is 10.2. The van der Waals surface area contributed by atoms with Gasteiger partial charge in [-0.15, -0.1) is 0 Å². The van der Waals surface area contributed by atoms with Gasteiger partial charge in [0.15, 0.2) is 0 Å². The number of nitrogens with zero attached hydrogens (tertiary/aromatic N) is 3. The molecule has 0 N–H and O–H groups in total. The number of hydrogen-bond donors (Lipinski definition) is 0. The van der Waals surface area contributed by atoms with Crippen LogP contribution >= 0.6 is 0 Å². The van der Waals surface area contributed by atoms with E-state index in [4.69, 9.17) is 9.47 Å². The van der Waals surface area contributed by atoms with Gasteiger partial charge in [0, 0.05) is 26.2 Å². The van der Waals surface area contributed by atoms with Gasteiger partial charge >= 0.3 is 0 Å². The quantitative estimate of drug-likeness (QED) is 0.692. The maximum Gasteiger partial charge on any atom is 0.236 e. The molecule has 0 saturated carbocycles. The first-order valence-corrected chi connectivity index (χ1v) is 10.2. The first kappa shape index (κ1) is 20.1. The van der Waals surface area contributed by atoms with E-state index in [1.807, 2.05) is 35.2 Å². The van der Waals surface area contributed by atoms with Gasteiger partial charge in [-0.25, -0.2) is 0 Å². The average molecular weight is 376 g/mol. The molecule has 150 valence electrons. The molecule has 1 aromatic carbocycles. The van der Waals surface area contributed by atoms with Gasteiger partial charge in [-0.1, -0.05) is 18.2 Å². The molecule has 2 saturated heterocycles. The van der Waals surface area contributed by atoms with Gasteiger partial charge in [0.05, 0.1) is 19.2 Å². The van der Waals surface area contributed by atoms with Crippen molar-refractivity contribution >= 4 is 5.91 Å². The summed E-state index contributed by atoms with van der Waals surface area (Å²) in [6.07, 6.45) is 3.41. The number of benzene rings is 1. The number of carbonyl (C=O) groups is 1. The Bertz CT molecular complexity index is 563. The number of amides is 1. The van der Waals surface area contributed by atoms with Crippen molar-refractivity contribution in [2.45, 2.75) is 25.4 Å². The fraction of sp³-hybridized carbons (Fsp3) is 0.667. The third-order valence-corrected chi connectivity index (χ3v) is 5.34. The number of rotatable bonds is 8. The second kappa shape index (κ2) is 10.6. The van der Waals surface area contributed by atoms with Crippen molar-refractivity contribution in [2.24, 2.45) is 0 Å². The predicted octanol–water partition coefficient (Wildman–Crippen LogP) is 1.71. The summed E-state index contributed by atoms with van der Waals surface area (Å²) in [7, 11) is 2.15. The maximum absolute atomic E-state index is 13.0. The monoisotopic (exact) mass is 375 g/mol. The molecule has 1 amide bonds. The molecular formula is C21H33N3O3. The topological polar surface area (TPSA) is 45.2 Å². The van der Waals surface area contributed by atoms with E-state index in [2.05, 4.69) is 16.8 Å². The molecule has 1 atom stereocenters. The number of carbonyl (C=O) groups excluding carboxylic acids is 1. The predicted molar refractivity (Wildman–Crippen MR) is 106 cm³/mol. The summed E-state index contributed by atoms with van der Waals surface area (Å²) < 4.78 is 11.6. The SMILES string of the molecule is CN1CCCN(CC(=O)N(CCOc2ccccc2)CC2CCCO2)CC1. The average Bonchev–Trinajstić information content (AvgIpc) is 3.11. The zero-order valence-corrected chi connectivity index (χ0v) is 16.5. The molecular weight excluding hydrogens is 342 g/mol. The van der Waals surface area contributed by atoms with Crippen molar-refractivity contribution in [3.8, 4) is 5.75 Å². The molecule has 0 aromatic heterocycles. The third-order valence-electron chi connectivity index (χ3n) is 5.34. The molecule has 2 fully saturated rings. The Labute approximate surface area is 163 Å². The highest BCUT2D eigenvalue weighted by atomic mass is 16.5. The van der Waals surface area contributed by atoms with Crippen LogP contribution in [0.2, 0.25) is 0 Å². The van der Waals surface area contributed by atoms with Crippen LogP contribution < -0.4 is 4.74 Å². The largest absolute Gasteiger partial charge is 0.492 e. The lowest BCUT2D eigenvalue weighted by Crippen LogP contribution is -2.45. The van der Waals surface area contributed by atoms with Crippen LogP contribution in [0.5, 0.6) is 5.75 Å². The van der Waals surface area contributed by atoms with Crippen LogP contribution in [-0.4, -0.2) is 92.8 Å². The van der Waals surface area contributed by atoms with Crippen molar-refractivity contribution in [1.29, 1.82) is 0 Å². The van der Waals surface area contributed by atoms with Crippen LogP contribution in [-0.2, 0) is 9.53 Å². The van der Waals surface area contributed by atoms with Crippen LogP contribution in [0, 0.1) is 0 Å². The Kier molecular flexibility index (Phi) is 7.93. The van der Waals surface area contributed by atoms with Gasteiger partial charge in [0.1, 0.15) is 12.4 Å². The zero-order chi connectivity index (χ0) is 18.9. The van der Waals surface area contributed by atoms with Crippen molar-refractivity contribution < 1.29 is 14.3 Å². The lowest BCUT2D eigenvalue weighted by Gasteiger charge is -2.28. The Morgan fingerprint density at radius 2 is 2.04 bits per heavy atom. The lowest BCUT2D eigenvalue weighted by molar-refractivity contribution is -0.134. The van der Waals surface area contributed by atoms with Crippen LogP contribution in [0.25, 0.3) is 0 Å². The van der Waals surface area contributed by atoms with Gasteiger partial charge in [-0.05, 0) is 51.5 Å². The summed E-state index contributed by atoms with van der Waals surface area (Å²) in [4.78, 5) is 19.6. The number of likely N-dealkylation sites (N-methyl/N-ethyl adjacent to an activating group) is 1. The van der Waals surface area contributed by atoms with E-state index in [1.165, 1.54) is 0 Å². The first-order valence-electron chi connectivity index (χ1n) is 10.2. The van der Waals surface area contributed by atoms with Gasteiger partial charge in [0.25, 0.3) is 0 Å². The van der Waals surface area contributed by atoms with E-state index in [1.54, 1.807) is 0 Å². The minimum absolute atomic E-state index is 0.168. The number of ether oxygens (including phenoxy) is 2. The molecule has 2 aliphatic rings. The summed E-state index contributed by atoms with van der Waals surface area (Å²) >= 11 is 0. The molecule has 0 spiro atoms. The van der Waals surface area contributed by atoms with Crippen LogP contribution in [0.4, 0.5) is 0 Å². The van der Waals surface area contributed by atoms with E-state index in [0.717, 1.165) is 57.8 Å².